The van der Waals surface area contributed by atoms with E-state index in [1.54, 1.807) is 23.1 Å². The van der Waals surface area contributed by atoms with Crippen LogP contribution in [0.4, 0.5) is 4.39 Å². The molecule has 5 nitrogen and oxygen atoms in total. The zero-order valence-electron chi connectivity index (χ0n) is 13.1. The number of nitrogens with zero attached hydrogens (tertiary/aromatic N) is 2. The molecule has 126 valence electrons. The molecule has 1 aromatic carbocycles. The quantitative estimate of drug-likeness (QED) is 0.829. The average Bonchev–Trinajstić information content (AvgIpc) is 3.05. The highest BCUT2D eigenvalue weighted by Gasteiger charge is 2.45. The zero-order valence-corrected chi connectivity index (χ0v) is 13.9. The van der Waals surface area contributed by atoms with Crippen molar-refractivity contribution in [1.82, 2.24) is 9.21 Å². The highest BCUT2D eigenvalue weighted by atomic mass is 32.2. The van der Waals surface area contributed by atoms with Crippen LogP contribution in [0.1, 0.15) is 18.4 Å². The van der Waals surface area contributed by atoms with Crippen molar-refractivity contribution in [3.05, 3.63) is 35.6 Å². The number of halogens is 1. The summed E-state index contributed by atoms with van der Waals surface area (Å²) >= 11 is 0. The van der Waals surface area contributed by atoms with Gasteiger partial charge in [0, 0.05) is 32.1 Å². The normalized spacial score (nSPS) is 24.9. The summed E-state index contributed by atoms with van der Waals surface area (Å²) in [6.07, 6.45) is 2.67. The second-order valence-corrected chi connectivity index (χ2v) is 8.36. The summed E-state index contributed by atoms with van der Waals surface area (Å²) in [5, 5.41) is 0. The second kappa shape index (κ2) is 6.20. The Bertz CT molecular complexity index is 707. The van der Waals surface area contributed by atoms with E-state index in [9.17, 15) is 17.6 Å². The van der Waals surface area contributed by atoms with Crippen LogP contribution in [0.15, 0.2) is 24.3 Å². The van der Waals surface area contributed by atoms with Crippen LogP contribution >= 0.6 is 0 Å². The second-order valence-electron chi connectivity index (χ2n) is 6.37. The predicted molar refractivity (Wildman–Crippen MR) is 84.7 cm³/mol. The Balaban J connectivity index is 1.62. The summed E-state index contributed by atoms with van der Waals surface area (Å²) in [5.41, 5.74) is 0.542. The third-order valence-electron chi connectivity index (χ3n) is 4.87. The maximum Gasteiger partial charge on any atom is 0.223 e. The van der Waals surface area contributed by atoms with Gasteiger partial charge in [0.1, 0.15) is 5.82 Å². The number of carbonyl (C=O) groups is 1. The van der Waals surface area contributed by atoms with Crippen molar-refractivity contribution in [3.8, 4) is 0 Å². The van der Waals surface area contributed by atoms with E-state index in [4.69, 9.17) is 0 Å². The summed E-state index contributed by atoms with van der Waals surface area (Å²) in [5.74, 6) is -0.0815. The molecule has 2 saturated heterocycles. The molecule has 0 aliphatic carbocycles. The van der Waals surface area contributed by atoms with Gasteiger partial charge in [0.2, 0.25) is 15.9 Å². The first-order valence-corrected chi connectivity index (χ1v) is 9.69. The first-order chi connectivity index (χ1) is 10.9. The van der Waals surface area contributed by atoms with Gasteiger partial charge in [0.05, 0.1) is 6.26 Å². The minimum Gasteiger partial charge on any atom is -0.338 e. The molecule has 0 unspecified atom stereocenters. The van der Waals surface area contributed by atoms with Crippen molar-refractivity contribution in [2.75, 3.05) is 25.9 Å². The molecule has 1 aromatic rings. The lowest BCUT2D eigenvalue weighted by Gasteiger charge is -2.24. The van der Waals surface area contributed by atoms with Gasteiger partial charge in [0.15, 0.2) is 0 Å². The lowest BCUT2D eigenvalue weighted by atomic mass is 10.0. The first kappa shape index (κ1) is 16.4. The van der Waals surface area contributed by atoms with Crippen LogP contribution < -0.4 is 0 Å². The van der Waals surface area contributed by atoms with Crippen LogP contribution in [0.5, 0.6) is 0 Å². The Hall–Kier alpha value is -1.47. The van der Waals surface area contributed by atoms with E-state index in [1.165, 1.54) is 16.6 Å². The average molecular weight is 340 g/mol. The van der Waals surface area contributed by atoms with Gasteiger partial charge in [-0.2, -0.15) is 4.31 Å². The summed E-state index contributed by atoms with van der Waals surface area (Å²) in [4.78, 5) is 14.3. The fraction of sp³-hybridized carbons (Fsp3) is 0.562. The van der Waals surface area contributed by atoms with Crippen LogP contribution in [-0.2, 0) is 21.2 Å². The summed E-state index contributed by atoms with van der Waals surface area (Å²) in [6.45, 7) is 1.55. The molecule has 23 heavy (non-hydrogen) atoms. The van der Waals surface area contributed by atoms with Gasteiger partial charge < -0.3 is 4.90 Å². The van der Waals surface area contributed by atoms with Crippen molar-refractivity contribution in [3.63, 3.8) is 0 Å². The number of aryl methyl sites for hydroxylation is 1. The molecular weight excluding hydrogens is 319 g/mol. The fourth-order valence-electron chi connectivity index (χ4n) is 3.59. The van der Waals surface area contributed by atoms with E-state index in [0.717, 1.165) is 6.42 Å². The number of sulfonamides is 1. The van der Waals surface area contributed by atoms with Crippen LogP contribution in [0.2, 0.25) is 0 Å². The Labute approximate surface area is 136 Å². The van der Waals surface area contributed by atoms with Crippen LogP contribution in [0, 0.1) is 11.7 Å². The number of amides is 1. The van der Waals surface area contributed by atoms with E-state index in [2.05, 4.69) is 0 Å². The highest BCUT2D eigenvalue weighted by Crippen LogP contribution is 2.33. The molecule has 2 fully saturated rings. The smallest absolute Gasteiger partial charge is 0.223 e. The van der Waals surface area contributed by atoms with Gasteiger partial charge in [-0.25, -0.2) is 12.8 Å². The number of fused-ring (bicyclic) bond motifs is 1. The topological polar surface area (TPSA) is 57.7 Å². The van der Waals surface area contributed by atoms with E-state index in [1.807, 2.05) is 0 Å². The largest absolute Gasteiger partial charge is 0.338 e. The standard InChI is InChI=1S/C16H21FN2O3S/c1-23(21,22)18-10-13-8-9-19(15(13)11-18)16(20)7-6-12-4-2-3-5-14(12)17/h2-5,13,15H,6-11H2,1H3/t13-,15+/m0/s1. The molecule has 2 atom stereocenters. The first-order valence-electron chi connectivity index (χ1n) is 7.84. The maximum atomic E-state index is 13.6. The minimum atomic E-state index is -3.21. The molecule has 3 rings (SSSR count). The molecule has 2 aliphatic rings. The highest BCUT2D eigenvalue weighted by molar-refractivity contribution is 7.88. The van der Waals surface area contributed by atoms with Crippen LogP contribution in [-0.4, -0.2) is 55.5 Å². The van der Waals surface area contributed by atoms with Crippen molar-refractivity contribution in [2.24, 2.45) is 5.92 Å². The summed E-state index contributed by atoms with van der Waals surface area (Å²) in [7, 11) is -3.21. The van der Waals surface area contributed by atoms with Crippen LogP contribution in [0.3, 0.4) is 0 Å². The van der Waals surface area contributed by atoms with E-state index < -0.39 is 10.0 Å². The van der Waals surface area contributed by atoms with Gasteiger partial charge in [-0.1, -0.05) is 18.2 Å². The summed E-state index contributed by atoms with van der Waals surface area (Å²) < 4.78 is 38.4. The number of benzene rings is 1. The molecule has 0 N–H and O–H groups in total. The Morgan fingerprint density at radius 3 is 2.74 bits per heavy atom. The molecule has 2 aliphatic heterocycles. The fourth-order valence-corrected chi connectivity index (χ4v) is 4.48. The van der Waals surface area contributed by atoms with Gasteiger partial charge in [-0.15, -0.1) is 0 Å². The minimum absolute atomic E-state index is 0.0175. The Kier molecular flexibility index (Phi) is 4.42. The number of rotatable bonds is 4. The molecule has 0 aromatic heterocycles. The third-order valence-corrected chi connectivity index (χ3v) is 6.11. The lowest BCUT2D eigenvalue weighted by molar-refractivity contribution is -0.132. The molecular formula is C16H21FN2O3S. The predicted octanol–water partition coefficient (Wildman–Crippen LogP) is 1.25. The van der Waals surface area contributed by atoms with Crippen molar-refractivity contribution < 1.29 is 17.6 Å². The maximum absolute atomic E-state index is 13.6. The number of carbonyl (C=O) groups excluding carboxylic acids is 1. The molecule has 2 heterocycles. The SMILES string of the molecule is CS(=O)(=O)N1C[C@@H]2CCN(C(=O)CCc3ccccc3F)[C@@H]2C1. The Morgan fingerprint density at radius 1 is 1.30 bits per heavy atom. The van der Waals surface area contributed by atoms with E-state index in [0.29, 0.717) is 31.6 Å². The van der Waals surface area contributed by atoms with Gasteiger partial charge >= 0.3 is 0 Å². The molecule has 0 bridgehead atoms. The zero-order chi connectivity index (χ0) is 16.6. The van der Waals surface area contributed by atoms with E-state index >= 15 is 0 Å². The summed E-state index contributed by atoms with van der Waals surface area (Å²) in [6, 6.07) is 6.45. The number of hydrogen-bond acceptors (Lipinski definition) is 3. The Morgan fingerprint density at radius 2 is 2.04 bits per heavy atom. The van der Waals surface area contributed by atoms with Crippen molar-refractivity contribution in [1.29, 1.82) is 0 Å². The molecule has 7 heteroatoms. The van der Waals surface area contributed by atoms with Crippen molar-refractivity contribution >= 4 is 15.9 Å². The van der Waals surface area contributed by atoms with Crippen LogP contribution in [0.25, 0.3) is 0 Å². The number of likely N-dealkylation sites (tertiary alicyclic amines) is 1. The third kappa shape index (κ3) is 3.40. The van der Waals surface area contributed by atoms with Crippen molar-refractivity contribution in [2.45, 2.75) is 25.3 Å². The monoisotopic (exact) mass is 340 g/mol. The van der Waals surface area contributed by atoms with Gasteiger partial charge in [0.25, 0.3) is 0 Å². The molecule has 0 radical (unpaired) electrons. The lowest BCUT2D eigenvalue weighted by Crippen LogP contribution is -2.40. The molecule has 0 spiro atoms. The molecule has 0 saturated carbocycles. The molecule has 1 amide bonds. The number of hydrogen-bond donors (Lipinski definition) is 0. The van der Waals surface area contributed by atoms with Gasteiger partial charge in [-0.3, -0.25) is 4.79 Å². The van der Waals surface area contributed by atoms with Gasteiger partial charge in [-0.05, 0) is 30.4 Å². The van der Waals surface area contributed by atoms with E-state index in [-0.39, 0.29) is 30.1 Å².